The van der Waals surface area contributed by atoms with Gasteiger partial charge in [0, 0.05) is 12.1 Å². The molecule has 1 aliphatic heterocycles. The van der Waals surface area contributed by atoms with Gasteiger partial charge >= 0.3 is 11.9 Å². The lowest BCUT2D eigenvalue weighted by molar-refractivity contribution is -0.171. The van der Waals surface area contributed by atoms with E-state index in [9.17, 15) is 9.59 Å². The average molecular weight is 241 g/mol. The van der Waals surface area contributed by atoms with Gasteiger partial charge in [-0.1, -0.05) is 6.08 Å². The summed E-state index contributed by atoms with van der Waals surface area (Å²) in [6.45, 7) is 6.35. The standard InChI is InChI=1S/C12H19NO4/c1-12(2,3)11(15)17-8-16-10(14)9-4-6-13-7-5-9/h4,13H,5-8H2,1-3H3. The monoisotopic (exact) mass is 241 g/mol. The second-order valence-electron chi connectivity index (χ2n) is 4.91. The van der Waals surface area contributed by atoms with Gasteiger partial charge in [0.15, 0.2) is 0 Å². The van der Waals surface area contributed by atoms with Crippen LogP contribution in [-0.2, 0) is 19.1 Å². The maximum atomic E-state index is 11.5. The van der Waals surface area contributed by atoms with Crippen molar-refractivity contribution >= 4 is 11.9 Å². The van der Waals surface area contributed by atoms with Gasteiger partial charge in [0.25, 0.3) is 0 Å². The van der Waals surface area contributed by atoms with Gasteiger partial charge in [0.1, 0.15) is 0 Å². The Labute approximate surface area is 101 Å². The molecule has 5 heteroatoms. The summed E-state index contributed by atoms with van der Waals surface area (Å²) in [5.41, 5.74) is 0.0519. The molecule has 0 bridgehead atoms. The number of carbonyl (C=O) groups excluding carboxylic acids is 2. The fourth-order valence-corrected chi connectivity index (χ4v) is 1.25. The van der Waals surface area contributed by atoms with Crippen molar-refractivity contribution in [2.75, 3.05) is 19.9 Å². The SMILES string of the molecule is CC(C)(C)C(=O)OCOC(=O)C1=CCNCC1. The summed E-state index contributed by atoms with van der Waals surface area (Å²) in [5, 5.41) is 3.09. The van der Waals surface area contributed by atoms with E-state index in [2.05, 4.69) is 5.32 Å². The zero-order valence-corrected chi connectivity index (χ0v) is 10.5. The zero-order valence-electron chi connectivity index (χ0n) is 10.5. The molecule has 0 saturated carbocycles. The highest BCUT2D eigenvalue weighted by Crippen LogP contribution is 2.15. The smallest absolute Gasteiger partial charge is 0.336 e. The van der Waals surface area contributed by atoms with Gasteiger partial charge in [-0.2, -0.15) is 0 Å². The Morgan fingerprint density at radius 3 is 2.59 bits per heavy atom. The van der Waals surface area contributed by atoms with E-state index >= 15 is 0 Å². The lowest BCUT2D eigenvalue weighted by atomic mass is 9.98. The third kappa shape index (κ3) is 4.56. The number of ether oxygens (including phenoxy) is 2. The minimum atomic E-state index is -0.583. The van der Waals surface area contributed by atoms with Gasteiger partial charge in [-0.15, -0.1) is 0 Å². The van der Waals surface area contributed by atoms with Crippen LogP contribution in [0.5, 0.6) is 0 Å². The van der Waals surface area contributed by atoms with E-state index in [-0.39, 0.29) is 12.8 Å². The predicted octanol–water partition coefficient (Wildman–Crippen LogP) is 0.996. The van der Waals surface area contributed by atoms with E-state index in [1.807, 2.05) is 0 Å². The van der Waals surface area contributed by atoms with Crippen LogP contribution < -0.4 is 5.32 Å². The summed E-state index contributed by atoms with van der Waals surface area (Å²) in [6.07, 6.45) is 2.43. The first-order valence-electron chi connectivity index (χ1n) is 5.65. The molecule has 0 fully saturated rings. The van der Waals surface area contributed by atoms with Crippen molar-refractivity contribution in [3.05, 3.63) is 11.6 Å². The fraction of sp³-hybridized carbons (Fsp3) is 0.667. The van der Waals surface area contributed by atoms with Crippen molar-refractivity contribution in [3.8, 4) is 0 Å². The molecule has 0 aromatic rings. The van der Waals surface area contributed by atoms with Crippen LogP contribution in [0.4, 0.5) is 0 Å². The van der Waals surface area contributed by atoms with Crippen LogP contribution in [0.2, 0.25) is 0 Å². The maximum Gasteiger partial charge on any atom is 0.336 e. The Morgan fingerprint density at radius 1 is 1.35 bits per heavy atom. The number of esters is 2. The molecule has 0 aromatic heterocycles. The van der Waals surface area contributed by atoms with E-state index in [1.165, 1.54) is 0 Å². The summed E-state index contributed by atoms with van der Waals surface area (Å²) in [6, 6.07) is 0. The first-order chi connectivity index (χ1) is 7.91. The highest BCUT2D eigenvalue weighted by molar-refractivity contribution is 5.88. The van der Waals surface area contributed by atoms with Gasteiger partial charge in [-0.3, -0.25) is 4.79 Å². The molecular weight excluding hydrogens is 222 g/mol. The first-order valence-corrected chi connectivity index (χ1v) is 5.65. The molecule has 1 heterocycles. The number of carbonyl (C=O) groups is 2. The lowest BCUT2D eigenvalue weighted by Gasteiger charge is -2.17. The van der Waals surface area contributed by atoms with Crippen molar-refractivity contribution in [2.45, 2.75) is 27.2 Å². The number of rotatable bonds is 3. The Balaban J connectivity index is 2.29. The van der Waals surface area contributed by atoms with E-state index in [4.69, 9.17) is 9.47 Å². The fourth-order valence-electron chi connectivity index (χ4n) is 1.25. The molecule has 1 N–H and O–H groups in total. The molecule has 1 rings (SSSR count). The van der Waals surface area contributed by atoms with Crippen molar-refractivity contribution in [1.82, 2.24) is 5.32 Å². The van der Waals surface area contributed by atoms with E-state index < -0.39 is 11.4 Å². The molecule has 0 aliphatic carbocycles. The van der Waals surface area contributed by atoms with Crippen molar-refractivity contribution in [1.29, 1.82) is 0 Å². The zero-order chi connectivity index (χ0) is 12.9. The molecule has 5 nitrogen and oxygen atoms in total. The molecule has 96 valence electrons. The van der Waals surface area contributed by atoms with Gasteiger partial charge in [0.2, 0.25) is 6.79 Å². The molecular formula is C12H19NO4. The Hall–Kier alpha value is -1.36. The molecule has 0 unspecified atom stereocenters. The number of nitrogens with one attached hydrogen (secondary N) is 1. The van der Waals surface area contributed by atoms with Gasteiger partial charge in [-0.25, -0.2) is 4.79 Å². The summed E-state index contributed by atoms with van der Waals surface area (Å²) in [5.74, 6) is -0.794. The highest BCUT2D eigenvalue weighted by Gasteiger charge is 2.23. The molecule has 0 atom stereocenters. The van der Waals surface area contributed by atoms with Gasteiger partial charge in [0.05, 0.1) is 5.41 Å². The maximum absolute atomic E-state index is 11.5. The lowest BCUT2D eigenvalue weighted by Crippen LogP contribution is -2.27. The van der Waals surface area contributed by atoms with Crippen molar-refractivity contribution < 1.29 is 19.1 Å². The Morgan fingerprint density at radius 2 is 2.06 bits per heavy atom. The minimum absolute atomic E-state index is 0.320. The van der Waals surface area contributed by atoms with Gasteiger partial charge < -0.3 is 14.8 Å². The average Bonchev–Trinajstić information content (AvgIpc) is 2.28. The van der Waals surface area contributed by atoms with Crippen LogP contribution in [0.15, 0.2) is 11.6 Å². The highest BCUT2D eigenvalue weighted by atomic mass is 16.7. The Bertz CT molecular complexity index is 328. The predicted molar refractivity (Wildman–Crippen MR) is 62.1 cm³/mol. The summed E-state index contributed by atoms with van der Waals surface area (Å²) >= 11 is 0. The van der Waals surface area contributed by atoms with Crippen LogP contribution in [0, 0.1) is 5.41 Å². The Kier molecular flexibility index (Phi) is 4.69. The van der Waals surface area contributed by atoms with Crippen molar-refractivity contribution in [2.24, 2.45) is 5.41 Å². The molecule has 17 heavy (non-hydrogen) atoms. The molecule has 0 aromatic carbocycles. The third-order valence-corrected chi connectivity index (χ3v) is 2.32. The molecule has 0 saturated heterocycles. The summed E-state index contributed by atoms with van der Waals surface area (Å²) in [7, 11) is 0. The third-order valence-electron chi connectivity index (χ3n) is 2.32. The van der Waals surface area contributed by atoms with Crippen LogP contribution >= 0.6 is 0 Å². The number of hydrogen-bond acceptors (Lipinski definition) is 5. The van der Waals surface area contributed by atoms with Crippen LogP contribution in [0.3, 0.4) is 0 Å². The minimum Gasteiger partial charge on any atom is -0.427 e. The topological polar surface area (TPSA) is 64.6 Å². The molecule has 1 aliphatic rings. The first kappa shape index (κ1) is 13.7. The number of hydrogen-bond donors (Lipinski definition) is 1. The van der Waals surface area contributed by atoms with E-state index in [0.717, 1.165) is 6.54 Å². The second kappa shape index (κ2) is 5.82. The molecule has 0 spiro atoms. The summed E-state index contributed by atoms with van der Waals surface area (Å²) in [4.78, 5) is 22.9. The van der Waals surface area contributed by atoms with Crippen LogP contribution in [0.25, 0.3) is 0 Å². The van der Waals surface area contributed by atoms with Crippen molar-refractivity contribution in [3.63, 3.8) is 0 Å². The quantitative estimate of drug-likeness (QED) is 0.590. The second-order valence-corrected chi connectivity index (χ2v) is 4.91. The molecule has 0 amide bonds. The van der Waals surface area contributed by atoms with E-state index in [0.29, 0.717) is 18.5 Å². The molecule has 0 radical (unpaired) electrons. The van der Waals surface area contributed by atoms with Crippen LogP contribution in [0.1, 0.15) is 27.2 Å². The van der Waals surface area contributed by atoms with Crippen LogP contribution in [-0.4, -0.2) is 31.8 Å². The largest absolute Gasteiger partial charge is 0.427 e. The van der Waals surface area contributed by atoms with E-state index in [1.54, 1.807) is 26.8 Å². The normalized spacial score (nSPS) is 16.1. The van der Waals surface area contributed by atoms with Gasteiger partial charge in [-0.05, 0) is 33.7 Å². The summed E-state index contributed by atoms with van der Waals surface area (Å²) < 4.78 is 9.71.